The van der Waals surface area contributed by atoms with E-state index in [4.69, 9.17) is 21.6 Å². The van der Waals surface area contributed by atoms with Crippen LogP contribution in [0.5, 0.6) is 0 Å². The van der Waals surface area contributed by atoms with E-state index < -0.39 is 0 Å². The second-order valence-electron chi connectivity index (χ2n) is 10.9. The Labute approximate surface area is 243 Å². The lowest BCUT2D eigenvalue weighted by Gasteiger charge is -2.21. The molecule has 1 unspecified atom stereocenters. The highest BCUT2D eigenvalue weighted by Crippen LogP contribution is 2.36. The summed E-state index contributed by atoms with van der Waals surface area (Å²) in [6.07, 6.45) is 4.39. The predicted octanol–water partition coefficient (Wildman–Crippen LogP) is 8.49. The van der Waals surface area contributed by atoms with E-state index >= 15 is 0 Å². The molecule has 0 spiro atoms. The highest BCUT2D eigenvalue weighted by atomic mass is 35.5. The summed E-state index contributed by atoms with van der Waals surface area (Å²) in [4.78, 5) is 12.7. The molecular weight excluding hydrogens is 514 g/mol. The van der Waals surface area contributed by atoms with Gasteiger partial charge in [0.15, 0.2) is 5.82 Å². The predicted molar refractivity (Wildman–Crippen MR) is 171 cm³/mol. The standard InChI is InChI=1S/C34H40ClN5/c1-6-39(7-2)20-10-12-25(5)36-33-28-14-8-11-24(4)31(28)37-34(38-33)29-22-40(21-26-18-16-23(3)17-19-26)32-27(29)13-9-15-30(32)35/h8-9,11,13-19,22,25H,6-7,10,12,20-21H2,1-5H3,(H,36,37,38). The number of nitrogens with zero attached hydrogens (tertiary/aromatic N) is 4. The van der Waals surface area contributed by atoms with Crippen LogP contribution in [0.25, 0.3) is 33.2 Å². The molecular formula is C34H40ClN5. The highest BCUT2D eigenvalue weighted by molar-refractivity contribution is 6.35. The second-order valence-corrected chi connectivity index (χ2v) is 11.3. The van der Waals surface area contributed by atoms with Gasteiger partial charge < -0.3 is 14.8 Å². The molecule has 0 aliphatic carbocycles. The zero-order chi connectivity index (χ0) is 28.2. The van der Waals surface area contributed by atoms with E-state index in [0.717, 1.165) is 88.6 Å². The minimum Gasteiger partial charge on any atom is -0.367 e. The largest absolute Gasteiger partial charge is 0.367 e. The molecule has 3 aromatic carbocycles. The van der Waals surface area contributed by atoms with Gasteiger partial charge in [-0.3, -0.25) is 0 Å². The van der Waals surface area contributed by atoms with Crippen molar-refractivity contribution in [3.8, 4) is 11.4 Å². The van der Waals surface area contributed by atoms with Crippen LogP contribution in [-0.4, -0.2) is 45.1 Å². The third-order valence-electron chi connectivity index (χ3n) is 7.88. The Hall–Kier alpha value is -3.41. The Balaban J connectivity index is 1.54. The number of para-hydroxylation sites is 2. The fourth-order valence-electron chi connectivity index (χ4n) is 5.50. The Kier molecular flexibility index (Phi) is 8.72. The van der Waals surface area contributed by atoms with Crippen LogP contribution >= 0.6 is 11.6 Å². The quantitative estimate of drug-likeness (QED) is 0.178. The fraction of sp³-hybridized carbons (Fsp3) is 0.353. The number of aryl methyl sites for hydroxylation is 2. The molecule has 0 saturated carbocycles. The molecule has 0 fully saturated rings. The van der Waals surface area contributed by atoms with Crippen molar-refractivity contribution >= 4 is 39.2 Å². The van der Waals surface area contributed by atoms with Gasteiger partial charge in [0.1, 0.15) is 5.82 Å². The Bertz CT molecular complexity index is 1600. The minimum absolute atomic E-state index is 0.291. The van der Waals surface area contributed by atoms with Crippen LogP contribution < -0.4 is 5.32 Å². The van der Waals surface area contributed by atoms with Crippen LogP contribution in [0.2, 0.25) is 5.02 Å². The molecule has 0 aliphatic rings. The third kappa shape index (κ3) is 6.01. The van der Waals surface area contributed by atoms with Crippen molar-refractivity contribution in [2.75, 3.05) is 25.0 Å². The van der Waals surface area contributed by atoms with Gasteiger partial charge in [0.25, 0.3) is 0 Å². The van der Waals surface area contributed by atoms with Crippen LogP contribution in [0.1, 0.15) is 50.3 Å². The molecule has 0 saturated heterocycles. The molecule has 0 radical (unpaired) electrons. The third-order valence-corrected chi connectivity index (χ3v) is 8.19. The number of nitrogens with one attached hydrogen (secondary N) is 1. The van der Waals surface area contributed by atoms with Gasteiger partial charge in [0.05, 0.1) is 16.1 Å². The van der Waals surface area contributed by atoms with E-state index in [1.165, 1.54) is 11.1 Å². The first kappa shape index (κ1) is 28.1. The first-order valence-electron chi connectivity index (χ1n) is 14.5. The number of hydrogen-bond donors (Lipinski definition) is 1. The van der Waals surface area contributed by atoms with Crippen molar-refractivity contribution in [1.29, 1.82) is 0 Å². The van der Waals surface area contributed by atoms with E-state index in [1.54, 1.807) is 0 Å². The number of hydrogen-bond acceptors (Lipinski definition) is 4. The van der Waals surface area contributed by atoms with Crippen molar-refractivity contribution in [3.05, 3.63) is 88.6 Å². The molecule has 5 nitrogen and oxygen atoms in total. The van der Waals surface area contributed by atoms with E-state index in [-0.39, 0.29) is 0 Å². The summed E-state index contributed by atoms with van der Waals surface area (Å²) >= 11 is 6.79. The summed E-state index contributed by atoms with van der Waals surface area (Å²) in [7, 11) is 0. The van der Waals surface area contributed by atoms with E-state index in [2.05, 4.69) is 104 Å². The summed E-state index contributed by atoms with van der Waals surface area (Å²) in [5.41, 5.74) is 6.60. The maximum absolute atomic E-state index is 6.79. The molecule has 0 aliphatic heterocycles. The van der Waals surface area contributed by atoms with Crippen molar-refractivity contribution in [3.63, 3.8) is 0 Å². The number of benzene rings is 3. The lowest BCUT2D eigenvalue weighted by Crippen LogP contribution is -2.25. The van der Waals surface area contributed by atoms with Crippen LogP contribution in [0.4, 0.5) is 5.82 Å². The highest BCUT2D eigenvalue weighted by Gasteiger charge is 2.19. The fourth-order valence-corrected chi connectivity index (χ4v) is 5.78. The van der Waals surface area contributed by atoms with Gasteiger partial charge in [0.2, 0.25) is 0 Å². The smallest absolute Gasteiger partial charge is 0.164 e. The zero-order valence-corrected chi connectivity index (χ0v) is 25.1. The van der Waals surface area contributed by atoms with Gasteiger partial charge >= 0.3 is 0 Å². The van der Waals surface area contributed by atoms with Gasteiger partial charge in [-0.1, -0.05) is 79.5 Å². The molecule has 1 N–H and O–H groups in total. The number of halogens is 1. The average molecular weight is 554 g/mol. The summed E-state index contributed by atoms with van der Waals surface area (Å²) in [5.74, 6) is 1.61. The molecule has 5 aromatic rings. The lowest BCUT2D eigenvalue weighted by atomic mass is 10.1. The van der Waals surface area contributed by atoms with Crippen molar-refractivity contribution in [2.24, 2.45) is 0 Å². The van der Waals surface area contributed by atoms with Crippen molar-refractivity contribution in [1.82, 2.24) is 19.4 Å². The summed E-state index contributed by atoms with van der Waals surface area (Å²) in [6.45, 7) is 15.0. The van der Waals surface area contributed by atoms with Crippen LogP contribution in [-0.2, 0) is 6.54 Å². The Morgan fingerprint density at radius 1 is 0.925 bits per heavy atom. The zero-order valence-electron chi connectivity index (χ0n) is 24.3. The topological polar surface area (TPSA) is 46.0 Å². The van der Waals surface area contributed by atoms with Gasteiger partial charge in [-0.25, -0.2) is 9.97 Å². The van der Waals surface area contributed by atoms with Crippen LogP contribution in [0.15, 0.2) is 66.9 Å². The molecule has 0 amide bonds. The maximum atomic E-state index is 6.79. The van der Waals surface area contributed by atoms with E-state index in [0.29, 0.717) is 6.04 Å². The number of rotatable bonds is 11. The van der Waals surface area contributed by atoms with Gasteiger partial charge in [-0.15, -0.1) is 0 Å². The molecule has 2 aromatic heterocycles. The molecule has 1 atom stereocenters. The molecule has 2 heterocycles. The lowest BCUT2D eigenvalue weighted by molar-refractivity contribution is 0.295. The average Bonchev–Trinajstić information content (AvgIpc) is 3.32. The summed E-state index contributed by atoms with van der Waals surface area (Å²) < 4.78 is 2.23. The van der Waals surface area contributed by atoms with Crippen molar-refractivity contribution in [2.45, 2.75) is 60.0 Å². The Morgan fingerprint density at radius 3 is 2.40 bits per heavy atom. The number of aromatic nitrogens is 3. The van der Waals surface area contributed by atoms with E-state index in [1.807, 2.05) is 12.1 Å². The van der Waals surface area contributed by atoms with E-state index in [9.17, 15) is 0 Å². The summed E-state index contributed by atoms with van der Waals surface area (Å²) in [6, 6.07) is 21.4. The van der Waals surface area contributed by atoms with Gasteiger partial charge in [-0.05, 0) is 76.5 Å². The molecule has 40 heavy (non-hydrogen) atoms. The number of fused-ring (bicyclic) bond motifs is 2. The normalized spacial score (nSPS) is 12.5. The molecule has 5 rings (SSSR count). The first-order chi connectivity index (χ1) is 19.4. The Morgan fingerprint density at radius 2 is 1.65 bits per heavy atom. The first-order valence-corrected chi connectivity index (χ1v) is 14.8. The molecule has 208 valence electrons. The SMILES string of the molecule is CCN(CC)CCCC(C)Nc1nc(-c2cn(Cc3ccc(C)cc3)c3c(Cl)cccc23)nc2c(C)cccc12. The molecule has 0 bridgehead atoms. The summed E-state index contributed by atoms with van der Waals surface area (Å²) in [5, 5.41) is 6.59. The molecule has 6 heteroatoms. The maximum Gasteiger partial charge on any atom is 0.164 e. The minimum atomic E-state index is 0.291. The number of anilines is 1. The monoisotopic (exact) mass is 553 g/mol. The van der Waals surface area contributed by atoms with Crippen LogP contribution in [0.3, 0.4) is 0 Å². The van der Waals surface area contributed by atoms with Gasteiger partial charge in [-0.2, -0.15) is 0 Å². The van der Waals surface area contributed by atoms with Gasteiger partial charge in [0, 0.05) is 35.1 Å². The second kappa shape index (κ2) is 12.4. The van der Waals surface area contributed by atoms with Crippen molar-refractivity contribution < 1.29 is 0 Å². The van der Waals surface area contributed by atoms with Crippen LogP contribution in [0, 0.1) is 13.8 Å².